The highest BCUT2D eigenvalue weighted by Crippen LogP contribution is 2.31. The Labute approximate surface area is 122 Å². The first kappa shape index (κ1) is 15.3. The van der Waals surface area contributed by atoms with Gasteiger partial charge in [0.05, 0.1) is 13.7 Å². The zero-order valence-corrected chi connectivity index (χ0v) is 12.9. The van der Waals surface area contributed by atoms with Crippen molar-refractivity contribution in [2.45, 2.75) is 39.2 Å². The molecule has 0 saturated carbocycles. The maximum absolute atomic E-state index is 5.67. The Morgan fingerprint density at radius 2 is 2.30 bits per heavy atom. The first-order valence-corrected chi connectivity index (χ1v) is 7.72. The molecule has 1 fully saturated rings. The molecular formula is C17H27NO2. The van der Waals surface area contributed by atoms with Gasteiger partial charge in [-0.3, -0.25) is 0 Å². The molecule has 0 bridgehead atoms. The summed E-state index contributed by atoms with van der Waals surface area (Å²) >= 11 is 0. The van der Waals surface area contributed by atoms with E-state index in [1.807, 2.05) is 0 Å². The van der Waals surface area contributed by atoms with E-state index in [0.717, 1.165) is 31.9 Å². The predicted octanol–water partition coefficient (Wildman–Crippen LogP) is 3.47. The molecule has 1 aliphatic heterocycles. The third kappa shape index (κ3) is 3.74. The van der Waals surface area contributed by atoms with Crippen LogP contribution in [0.3, 0.4) is 0 Å². The van der Waals surface area contributed by atoms with Crippen LogP contribution in [0.15, 0.2) is 18.2 Å². The van der Waals surface area contributed by atoms with E-state index in [9.17, 15) is 0 Å². The summed E-state index contributed by atoms with van der Waals surface area (Å²) in [6, 6.07) is 6.91. The van der Waals surface area contributed by atoms with Crippen molar-refractivity contribution in [1.82, 2.24) is 5.32 Å². The maximum Gasteiger partial charge on any atom is 0.121 e. The Morgan fingerprint density at radius 3 is 2.90 bits per heavy atom. The molecule has 0 aromatic heterocycles. The van der Waals surface area contributed by atoms with Gasteiger partial charge in [-0.15, -0.1) is 0 Å². The van der Waals surface area contributed by atoms with Crippen LogP contribution in [0.4, 0.5) is 0 Å². The van der Waals surface area contributed by atoms with Crippen molar-refractivity contribution in [2.75, 3.05) is 26.9 Å². The van der Waals surface area contributed by atoms with Crippen LogP contribution in [0.25, 0.3) is 0 Å². The van der Waals surface area contributed by atoms with Crippen LogP contribution in [-0.2, 0) is 4.74 Å². The number of ether oxygens (including phenoxy) is 2. The molecule has 3 nitrogen and oxygen atoms in total. The summed E-state index contributed by atoms with van der Waals surface area (Å²) in [5, 5.41) is 3.70. The molecule has 0 radical (unpaired) electrons. The van der Waals surface area contributed by atoms with Gasteiger partial charge in [0.25, 0.3) is 0 Å². The van der Waals surface area contributed by atoms with Crippen LogP contribution in [0.5, 0.6) is 5.75 Å². The molecule has 2 atom stereocenters. The zero-order chi connectivity index (χ0) is 14.4. The number of hydrogen-bond donors (Lipinski definition) is 1. The third-order valence-corrected chi connectivity index (χ3v) is 4.06. The molecular weight excluding hydrogens is 250 g/mol. The molecule has 1 heterocycles. The average Bonchev–Trinajstić information content (AvgIpc) is 2.49. The van der Waals surface area contributed by atoms with Crippen molar-refractivity contribution in [3.05, 3.63) is 29.3 Å². The molecule has 20 heavy (non-hydrogen) atoms. The highest BCUT2D eigenvalue weighted by atomic mass is 16.5. The highest BCUT2D eigenvalue weighted by Gasteiger charge is 2.25. The van der Waals surface area contributed by atoms with Gasteiger partial charge < -0.3 is 14.8 Å². The van der Waals surface area contributed by atoms with Gasteiger partial charge in [0, 0.05) is 18.6 Å². The van der Waals surface area contributed by atoms with Crippen molar-refractivity contribution in [1.29, 1.82) is 0 Å². The van der Waals surface area contributed by atoms with Crippen molar-refractivity contribution >= 4 is 0 Å². The summed E-state index contributed by atoms with van der Waals surface area (Å²) in [4.78, 5) is 0. The number of benzene rings is 1. The largest absolute Gasteiger partial charge is 0.496 e. The van der Waals surface area contributed by atoms with Crippen molar-refractivity contribution in [2.24, 2.45) is 5.92 Å². The first-order valence-electron chi connectivity index (χ1n) is 7.72. The van der Waals surface area contributed by atoms with Gasteiger partial charge >= 0.3 is 0 Å². The van der Waals surface area contributed by atoms with Gasteiger partial charge in [-0.25, -0.2) is 0 Å². The Morgan fingerprint density at radius 1 is 1.45 bits per heavy atom. The molecule has 2 unspecified atom stereocenters. The predicted molar refractivity (Wildman–Crippen MR) is 82.3 cm³/mol. The molecule has 1 N–H and O–H groups in total. The van der Waals surface area contributed by atoms with Crippen molar-refractivity contribution in [3.8, 4) is 5.75 Å². The van der Waals surface area contributed by atoms with E-state index >= 15 is 0 Å². The lowest BCUT2D eigenvalue weighted by molar-refractivity contribution is 0.0390. The summed E-state index contributed by atoms with van der Waals surface area (Å²) < 4.78 is 11.0. The summed E-state index contributed by atoms with van der Waals surface area (Å²) in [6.07, 6.45) is 3.57. The molecule has 0 spiro atoms. The SMILES string of the molecule is CCCNC(c1ccc(OC)c(C)c1)C1CCCOC1. The zero-order valence-electron chi connectivity index (χ0n) is 12.9. The minimum Gasteiger partial charge on any atom is -0.496 e. The maximum atomic E-state index is 5.67. The average molecular weight is 277 g/mol. The lowest BCUT2D eigenvalue weighted by Crippen LogP contribution is -2.33. The van der Waals surface area contributed by atoms with Gasteiger partial charge in [0.2, 0.25) is 0 Å². The second-order valence-electron chi connectivity index (χ2n) is 5.64. The first-order chi connectivity index (χ1) is 9.76. The van der Waals surface area contributed by atoms with Crippen LogP contribution < -0.4 is 10.1 Å². The van der Waals surface area contributed by atoms with Crippen molar-refractivity contribution in [3.63, 3.8) is 0 Å². The molecule has 1 saturated heterocycles. The molecule has 3 heteroatoms. The van der Waals surface area contributed by atoms with E-state index in [2.05, 4.69) is 37.4 Å². The number of nitrogens with one attached hydrogen (secondary N) is 1. The fourth-order valence-electron chi connectivity index (χ4n) is 2.98. The Balaban J connectivity index is 2.18. The van der Waals surface area contributed by atoms with Crippen LogP contribution in [0.2, 0.25) is 0 Å². The van der Waals surface area contributed by atoms with E-state index in [0.29, 0.717) is 12.0 Å². The lowest BCUT2D eigenvalue weighted by Gasteiger charge is -2.31. The van der Waals surface area contributed by atoms with Gasteiger partial charge in [0.15, 0.2) is 0 Å². The molecule has 2 rings (SSSR count). The van der Waals surface area contributed by atoms with Gasteiger partial charge in [0.1, 0.15) is 5.75 Å². The number of hydrogen-bond acceptors (Lipinski definition) is 3. The summed E-state index contributed by atoms with van der Waals surface area (Å²) in [5.74, 6) is 1.53. The van der Waals surface area contributed by atoms with Crippen LogP contribution in [-0.4, -0.2) is 26.9 Å². The molecule has 112 valence electrons. The monoisotopic (exact) mass is 277 g/mol. The van der Waals surface area contributed by atoms with Crippen molar-refractivity contribution < 1.29 is 9.47 Å². The second-order valence-corrected chi connectivity index (χ2v) is 5.64. The highest BCUT2D eigenvalue weighted by molar-refractivity contribution is 5.37. The Hall–Kier alpha value is -1.06. The van der Waals surface area contributed by atoms with Crippen LogP contribution in [0.1, 0.15) is 43.4 Å². The summed E-state index contributed by atoms with van der Waals surface area (Å²) in [5.41, 5.74) is 2.55. The minimum atomic E-state index is 0.389. The molecule has 1 aromatic carbocycles. The minimum absolute atomic E-state index is 0.389. The van der Waals surface area contributed by atoms with Gasteiger partial charge in [-0.05, 0) is 49.9 Å². The Kier molecular flexibility index (Phi) is 5.86. The second kappa shape index (κ2) is 7.65. The van der Waals surface area contributed by atoms with E-state index in [-0.39, 0.29) is 0 Å². The topological polar surface area (TPSA) is 30.5 Å². The fourth-order valence-corrected chi connectivity index (χ4v) is 2.98. The van der Waals surface area contributed by atoms with E-state index < -0.39 is 0 Å². The van der Waals surface area contributed by atoms with E-state index in [4.69, 9.17) is 9.47 Å². The molecule has 1 aliphatic rings. The number of rotatable bonds is 6. The van der Waals surface area contributed by atoms with Gasteiger partial charge in [-0.1, -0.05) is 19.1 Å². The lowest BCUT2D eigenvalue weighted by atomic mass is 9.88. The van der Waals surface area contributed by atoms with Crippen LogP contribution >= 0.6 is 0 Å². The number of methoxy groups -OCH3 is 1. The summed E-state index contributed by atoms with van der Waals surface area (Å²) in [7, 11) is 1.73. The standard InChI is InChI=1S/C17H27NO2/c1-4-9-18-17(15-6-5-10-20-12-15)14-7-8-16(19-3)13(2)11-14/h7-8,11,15,17-18H,4-6,9-10,12H2,1-3H3. The number of aryl methyl sites for hydroxylation is 1. The molecule has 0 aliphatic carbocycles. The molecule has 0 amide bonds. The third-order valence-electron chi connectivity index (χ3n) is 4.06. The summed E-state index contributed by atoms with van der Waals surface area (Å²) in [6.45, 7) is 7.15. The fraction of sp³-hybridized carbons (Fsp3) is 0.647. The quantitative estimate of drug-likeness (QED) is 0.863. The van der Waals surface area contributed by atoms with Crippen LogP contribution in [0, 0.1) is 12.8 Å². The smallest absolute Gasteiger partial charge is 0.121 e. The van der Waals surface area contributed by atoms with Gasteiger partial charge in [-0.2, -0.15) is 0 Å². The molecule has 1 aromatic rings. The Bertz CT molecular complexity index is 413. The van der Waals surface area contributed by atoms with E-state index in [1.54, 1.807) is 7.11 Å². The normalized spacial score (nSPS) is 20.6. The van der Waals surface area contributed by atoms with E-state index in [1.165, 1.54) is 24.0 Å².